The maximum absolute atomic E-state index is 10.8. The van der Waals surface area contributed by atoms with Crippen molar-refractivity contribution in [2.24, 2.45) is 0 Å². The molecular weight excluding hydrogens is 262 g/mol. The second-order valence-electron chi connectivity index (χ2n) is 4.91. The van der Waals surface area contributed by atoms with E-state index in [1.165, 1.54) is 0 Å². The molecule has 0 fully saturated rings. The van der Waals surface area contributed by atoms with Crippen molar-refractivity contribution >= 4 is 22.6 Å². The Kier molecular flexibility index (Phi) is 4.50. The van der Waals surface area contributed by atoms with Gasteiger partial charge in [0.05, 0.1) is 6.26 Å². The Morgan fingerprint density at radius 2 is 2.21 bits per heavy atom. The van der Waals surface area contributed by atoms with Gasteiger partial charge in [-0.3, -0.25) is 0 Å². The van der Waals surface area contributed by atoms with Crippen LogP contribution in [0.2, 0.25) is 0 Å². The standard InChI is InChI=1S/C15H20ClNO2/c1-3-17-14(6-8-16)15(2,18)12-5-4-11-7-9-19-13(11)10-12/h4-5,7,9-10,14,17-18H,3,6,8H2,1-2H3. The molecule has 4 heteroatoms. The van der Waals surface area contributed by atoms with Gasteiger partial charge in [-0.05, 0) is 37.6 Å². The topological polar surface area (TPSA) is 45.4 Å². The number of rotatable bonds is 6. The Morgan fingerprint density at radius 3 is 2.89 bits per heavy atom. The first-order valence-electron chi connectivity index (χ1n) is 6.59. The molecule has 1 heterocycles. The molecule has 0 aliphatic rings. The van der Waals surface area contributed by atoms with Crippen LogP contribution in [0, 0.1) is 0 Å². The van der Waals surface area contributed by atoms with Crippen molar-refractivity contribution in [2.45, 2.75) is 31.9 Å². The van der Waals surface area contributed by atoms with Crippen LogP contribution in [-0.2, 0) is 5.60 Å². The summed E-state index contributed by atoms with van der Waals surface area (Å²) in [5.41, 5.74) is 0.649. The number of likely N-dealkylation sites (N-methyl/N-ethyl adjacent to an activating group) is 1. The highest BCUT2D eigenvalue weighted by Gasteiger charge is 2.33. The van der Waals surface area contributed by atoms with E-state index in [2.05, 4.69) is 5.32 Å². The lowest BCUT2D eigenvalue weighted by molar-refractivity contribution is 0.0145. The lowest BCUT2D eigenvalue weighted by Gasteiger charge is -2.33. The second-order valence-corrected chi connectivity index (χ2v) is 5.29. The molecule has 2 atom stereocenters. The van der Waals surface area contributed by atoms with Crippen LogP contribution in [-0.4, -0.2) is 23.6 Å². The van der Waals surface area contributed by atoms with E-state index in [9.17, 15) is 5.11 Å². The maximum atomic E-state index is 10.8. The zero-order valence-electron chi connectivity index (χ0n) is 11.3. The van der Waals surface area contributed by atoms with Crippen LogP contribution in [0.3, 0.4) is 0 Å². The summed E-state index contributed by atoms with van der Waals surface area (Å²) in [6.45, 7) is 4.63. The van der Waals surface area contributed by atoms with Gasteiger partial charge in [0, 0.05) is 17.3 Å². The molecule has 0 bridgehead atoms. The molecule has 19 heavy (non-hydrogen) atoms. The number of hydrogen-bond donors (Lipinski definition) is 2. The zero-order valence-corrected chi connectivity index (χ0v) is 12.1. The summed E-state index contributed by atoms with van der Waals surface area (Å²) in [6.07, 6.45) is 2.36. The molecule has 0 amide bonds. The molecule has 0 aliphatic carbocycles. The third-order valence-corrected chi connectivity index (χ3v) is 3.79. The average Bonchev–Trinajstić information content (AvgIpc) is 2.85. The summed E-state index contributed by atoms with van der Waals surface area (Å²) in [5.74, 6) is 0.511. The van der Waals surface area contributed by atoms with Gasteiger partial charge in [0.25, 0.3) is 0 Å². The van der Waals surface area contributed by atoms with Crippen molar-refractivity contribution in [3.8, 4) is 0 Å². The predicted molar refractivity (Wildman–Crippen MR) is 78.6 cm³/mol. The molecule has 0 radical (unpaired) electrons. The molecule has 2 N–H and O–H groups in total. The van der Waals surface area contributed by atoms with Gasteiger partial charge in [-0.1, -0.05) is 19.1 Å². The average molecular weight is 282 g/mol. The highest BCUT2D eigenvalue weighted by atomic mass is 35.5. The molecule has 0 aliphatic heterocycles. The lowest BCUT2D eigenvalue weighted by Crippen LogP contribution is -2.47. The zero-order chi connectivity index (χ0) is 13.9. The predicted octanol–water partition coefficient (Wildman–Crippen LogP) is 3.25. The van der Waals surface area contributed by atoms with E-state index < -0.39 is 5.60 Å². The van der Waals surface area contributed by atoms with Crippen molar-refractivity contribution in [3.63, 3.8) is 0 Å². The van der Waals surface area contributed by atoms with Crippen LogP contribution in [0.5, 0.6) is 0 Å². The fourth-order valence-corrected chi connectivity index (χ4v) is 2.63. The van der Waals surface area contributed by atoms with Crippen LogP contribution in [0.25, 0.3) is 11.0 Å². The SMILES string of the molecule is CCNC(CCCl)C(C)(O)c1ccc2ccoc2c1. The van der Waals surface area contributed by atoms with Crippen LogP contribution in [0.15, 0.2) is 34.9 Å². The Balaban J connectivity index is 2.34. The van der Waals surface area contributed by atoms with Gasteiger partial charge in [-0.2, -0.15) is 0 Å². The molecule has 0 saturated heterocycles. The van der Waals surface area contributed by atoms with E-state index in [4.69, 9.17) is 16.0 Å². The highest BCUT2D eigenvalue weighted by Crippen LogP contribution is 2.29. The number of aliphatic hydroxyl groups is 1. The van der Waals surface area contributed by atoms with E-state index >= 15 is 0 Å². The molecule has 0 saturated carbocycles. The molecule has 3 nitrogen and oxygen atoms in total. The first kappa shape index (κ1) is 14.4. The first-order valence-corrected chi connectivity index (χ1v) is 7.12. The van der Waals surface area contributed by atoms with Crippen LogP contribution >= 0.6 is 11.6 Å². The number of fused-ring (bicyclic) bond motifs is 1. The fourth-order valence-electron chi connectivity index (χ4n) is 2.41. The van der Waals surface area contributed by atoms with Gasteiger partial charge >= 0.3 is 0 Å². The summed E-state index contributed by atoms with van der Waals surface area (Å²) < 4.78 is 5.40. The van der Waals surface area contributed by atoms with E-state index in [1.807, 2.05) is 38.1 Å². The molecule has 104 valence electrons. The highest BCUT2D eigenvalue weighted by molar-refractivity contribution is 6.17. The van der Waals surface area contributed by atoms with Crippen molar-refractivity contribution in [2.75, 3.05) is 12.4 Å². The molecule has 2 rings (SSSR count). The minimum atomic E-state index is -0.980. The van der Waals surface area contributed by atoms with E-state index in [0.29, 0.717) is 12.3 Å². The monoisotopic (exact) mass is 281 g/mol. The Labute approximate surface area is 118 Å². The molecule has 1 aromatic carbocycles. The van der Waals surface area contributed by atoms with E-state index in [-0.39, 0.29) is 6.04 Å². The number of alkyl halides is 1. The number of furan rings is 1. The van der Waals surface area contributed by atoms with E-state index in [0.717, 1.165) is 23.1 Å². The van der Waals surface area contributed by atoms with Crippen molar-refractivity contribution < 1.29 is 9.52 Å². The third kappa shape index (κ3) is 2.94. The third-order valence-electron chi connectivity index (χ3n) is 3.57. The van der Waals surface area contributed by atoms with Gasteiger partial charge in [0.2, 0.25) is 0 Å². The largest absolute Gasteiger partial charge is 0.464 e. The number of hydrogen-bond acceptors (Lipinski definition) is 3. The number of benzene rings is 1. The van der Waals surface area contributed by atoms with Crippen LogP contribution < -0.4 is 5.32 Å². The van der Waals surface area contributed by atoms with Gasteiger partial charge in [0.1, 0.15) is 11.2 Å². The van der Waals surface area contributed by atoms with Crippen molar-refractivity contribution in [1.29, 1.82) is 0 Å². The van der Waals surface area contributed by atoms with Gasteiger partial charge in [0.15, 0.2) is 0 Å². The van der Waals surface area contributed by atoms with Gasteiger partial charge in [-0.15, -0.1) is 11.6 Å². The van der Waals surface area contributed by atoms with Crippen LogP contribution in [0.1, 0.15) is 25.8 Å². The maximum Gasteiger partial charge on any atom is 0.134 e. The molecule has 1 aromatic heterocycles. The van der Waals surface area contributed by atoms with Gasteiger partial charge < -0.3 is 14.8 Å². The molecule has 2 aromatic rings. The second kappa shape index (κ2) is 5.95. The minimum Gasteiger partial charge on any atom is -0.464 e. The quantitative estimate of drug-likeness (QED) is 0.799. The molecular formula is C15H20ClNO2. The van der Waals surface area contributed by atoms with Crippen molar-refractivity contribution in [3.05, 3.63) is 36.1 Å². The summed E-state index contributed by atoms with van der Waals surface area (Å²) in [6, 6.07) is 7.63. The normalized spacial score (nSPS) is 16.4. The molecule has 2 unspecified atom stereocenters. The Morgan fingerprint density at radius 1 is 1.42 bits per heavy atom. The first-order chi connectivity index (χ1) is 9.09. The summed E-state index contributed by atoms with van der Waals surface area (Å²) in [7, 11) is 0. The molecule has 0 spiro atoms. The number of halogens is 1. The summed E-state index contributed by atoms with van der Waals surface area (Å²) in [5, 5.41) is 15.2. The summed E-state index contributed by atoms with van der Waals surface area (Å²) in [4.78, 5) is 0. The Hall–Kier alpha value is -1.03. The summed E-state index contributed by atoms with van der Waals surface area (Å²) >= 11 is 5.83. The lowest BCUT2D eigenvalue weighted by atomic mass is 9.86. The fraction of sp³-hybridized carbons (Fsp3) is 0.467. The minimum absolute atomic E-state index is 0.0811. The number of nitrogens with one attached hydrogen (secondary N) is 1. The Bertz CT molecular complexity index is 530. The van der Waals surface area contributed by atoms with E-state index in [1.54, 1.807) is 6.26 Å². The van der Waals surface area contributed by atoms with Crippen molar-refractivity contribution in [1.82, 2.24) is 5.32 Å². The van der Waals surface area contributed by atoms with Gasteiger partial charge in [-0.25, -0.2) is 0 Å². The van der Waals surface area contributed by atoms with Crippen LogP contribution in [0.4, 0.5) is 0 Å². The smallest absolute Gasteiger partial charge is 0.134 e.